The molecule has 0 saturated heterocycles. The maximum absolute atomic E-state index is 13.4. The summed E-state index contributed by atoms with van der Waals surface area (Å²) in [5.74, 6) is 0.0872. The summed E-state index contributed by atoms with van der Waals surface area (Å²) in [6.45, 7) is 4.34. The molecule has 0 saturated carbocycles. The Kier molecular flexibility index (Phi) is 7.18. The number of likely N-dealkylation sites (N-methyl/N-ethyl adjacent to an activating group) is 1. The lowest BCUT2D eigenvalue weighted by Crippen LogP contribution is -2.38. The third-order valence-electron chi connectivity index (χ3n) is 5.23. The molecule has 1 aromatic carbocycles. The van der Waals surface area contributed by atoms with Gasteiger partial charge in [0.2, 0.25) is 0 Å². The summed E-state index contributed by atoms with van der Waals surface area (Å²) in [4.78, 5) is 38.0. The van der Waals surface area contributed by atoms with Crippen LogP contribution in [-0.2, 0) is 14.5 Å². The molecule has 3 aromatic rings. The number of nitrogens with two attached hydrogens (primary N) is 1. The van der Waals surface area contributed by atoms with E-state index in [-0.39, 0.29) is 35.1 Å². The molecular formula is C21H29N7O4S. The summed E-state index contributed by atoms with van der Waals surface area (Å²) < 4.78 is 27.8. The number of nitrogens with one attached hydrogen (secondary N) is 2. The van der Waals surface area contributed by atoms with Gasteiger partial charge in [-0.15, -0.1) is 0 Å². The van der Waals surface area contributed by atoms with Gasteiger partial charge in [-0.1, -0.05) is 36.8 Å². The smallest absolute Gasteiger partial charge is 0.336 e. The van der Waals surface area contributed by atoms with E-state index in [1.54, 1.807) is 12.1 Å². The molecule has 0 fully saturated rings. The third-order valence-corrected chi connectivity index (χ3v) is 7.49. The highest BCUT2D eigenvalue weighted by atomic mass is 32.2. The summed E-state index contributed by atoms with van der Waals surface area (Å²) in [7, 11) is -0.145. The van der Waals surface area contributed by atoms with E-state index in [9.17, 15) is 13.8 Å². The fourth-order valence-corrected chi connectivity index (χ4v) is 5.44. The molecule has 0 aliphatic carbocycles. The van der Waals surface area contributed by atoms with Crippen LogP contribution in [0.4, 0.5) is 10.6 Å². The fraction of sp³-hybridized carbons (Fsp3) is 0.429. The molecule has 2 heterocycles. The number of aryl methyl sites for hydroxylation is 1. The number of amides is 1. The number of imidazole rings is 1. The molecule has 11 nitrogen and oxygen atoms in total. The zero-order valence-electron chi connectivity index (χ0n) is 19.1. The monoisotopic (exact) mass is 475 g/mol. The van der Waals surface area contributed by atoms with Crippen LogP contribution < -0.4 is 11.4 Å². The number of hydrogen-bond acceptors (Lipinski definition) is 8. The number of aromatic nitrogens is 4. The van der Waals surface area contributed by atoms with Gasteiger partial charge in [0.05, 0.1) is 16.3 Å². The number of methoxy groups -OCH3 is 1. The molecule has 0 bridgehead atoms. The van der Waals surface area contributed by atoms with Gasteiger partial charge in [0.1, 0.15) is 10.8 Å². The number of ether oxygens (including phenoxy) is 1. The number of aromatic amines is 1. The van der Waals surface area contributed by atoms with Gasteiger partial charge >= 0.3 is 11.7 Å². The minimum atomic E-state index is -3.19. The Labute approximate surface area is 192 Å². The van der Waals surface area contributed by atoms with Crippen molar-refractivity contribution in [1.29, 1.82) is 4.78 Å². The van der Waals surface area contributed by atoms with Crippen molar-refractivity contribution in [3.8, 4) is 0 Å². The van der Waals surface area contributed by atoms with E-state index >= 15 is 0 Å². The van der Waals surface area contributed by atoms with Gasteiger partial charge in [-0.05, 0) is 18.9 Å². The van der Waals surface area contributed by atoms with Gasteiger partial charge in [0.25, 0.3) is 0 Å². The number of H-pyrrole nitrogens is 1. The van der Waals surface area contributed by atoms with Crippen molar-refractivity contribution >= 4 is 32.7 Å². The van der Waals surface area contributed by atoms with Crippen molar-refractivity contribution in [2.75, 3.05) is 38.8 Å². The van der Waals surface area contributed by atoms with Crippen molar-refractivity contribution in [3.63, 3.8) is 0 Å². The Morgan fingerprint density at radius 2 is 2.00 bits per heavy atom. The van der Waals surface area contributed by atoms with Crippen LogP contribution in [0.5, 0.6) is 0 Å². The highest BCUT2D eigenvalue weighted by Gasteiger charge is 2.30. The van der Waals surface area contributed by atoms with Crippen molar-refractivity contribution in [2.24, 2.45) is 0 Å². The predicted octanol–water partition coefficient (Wildman–Crippen LogP) is 2.10. The molecule has 4 N–H and O–H groups in total. The molecular weight excluding hydrogens is 446 g/mol. The Hall–Kier alpha value is -3.25. The van der Waals surface area contributed by atoms with Gasteiger partial charge in [0, 0.05) is 26.5 Å². The van der Waals surface area contributed by atoms with Gasteiger partial charge in [-0.2, -0.15) is 0 Å². The largest absolute Gasteiger partial charge is 0.383 e. The first-order chi connectivity index (χ1) is 15.6. The topological polar surface area (TPSA) is 160 Å². The molecule has 3 rings (SSSR count). The predicted molar refractivity (Wildman–Crippen MR) is 127 cm³/mol. The van der Waals surface area contributed by atoms with Crippen molar-refractivity contribution in [3.05, 3.63) is 51.7 Å². The third kappa shape index (κ3) is 4.91. The van der Waals surface area contributed by atoms with Crippen LogP contribution in [0.15, 0.2) is 29.1 Å². The molecule has 0 spiro atoms. The number of nitrogen functional groups attached to an aromatic ring is 1. The van der Waals surface area contributed by atoms with E-state index in [0.29, 0.717) is 18.6 Å². The second kappa shape index (κ2) is 9.71. The summed E-state index contributed by atoms with van der Waals surface area (Å²) >= 11 is 0. The second-order valence-electron chi connectivity index (χ2n) is 7.85. The summed E-state index contributed by atoms with van der Waals surface area (Å²) in [6, 6.07) is 6.68. The van der Waals surface area contributed by atoms with Crippen molar-refractivity contribution in [1.82, 2.24) is 24.4 Å². The average molecular weight is 476 g/mol. The lowest BCUT2D eigenvalue weighted by Gasteiger charge is -2.20. The maximum atomic E-state index is 13.4. The summed E-state index contributed by atoms with van der Waals surface area (Å²) in [5, 5.41) is -0.948. The SMILES string of the molecule is CCC[S@](=N)(=O)C(c1ccc(C)cc1)c1nc(N)c2c(n1)[nH]c(=O)n2C(=O)N(C)CCOC. The Balaban J connectivity index is 2.17. The van der Waals surface area contributed by atoms with Gasteiger partial charge in [0.15, 0.2) is 17.3 Å². The molecule has 0 radical (unpaired) electrons. The van der Waals surface area contributed by atoms with E-state index in [0.717, 1.165) is 10.1 Å². The maximum Gasteiger partial charge on any atom is 0.336 e. The Morgan fingerprint density at radius 3 is 2.61 bits per heavy atom. The fourth-order valence-electron chi connectivity index (χ4n) is 3.55. The molecule has 33 heavy (non-hydrogen) atoms. The minimum absolute atomic E-state index is 0.0349. The van der Waals surface area contributed by atoms with Gasteiger partial charge in [-0.25, -0.2) is 28.3 Å². The minimum Gasteiger partial charge on any atom is -0.383 e. The number of anilines is 1. The highest BCUT2D eigenvalue weighted by Crippen LogP contribution is 2.31. The molecule has 0 aliphatic rings. The first-order valence-electron chi connectivity index (χ1n) is 10.4. The quantitative estimate of drug-likeness (QED) is 0.449. The molecule has 1 unspecified atom stereocenters. The number of benzene rings is 1. The first-order valence-corrected chi connectivity index (χ1v) is 12.2. The van der Waals surface area contributed by atoms with E-state index in [4.69, 9.17) is 15.3 Å². The van der Waals surface area contributed by atoms with Gasteiger partial charge < -0.3 is 15.4 Å². The molecule has 2 atom stereocenters. The Bertz CT molecular complexity index is 1310. The van der Waals surface area contributed by atoms with Crippen LogP contribution in [-0.4, -0.2) is 67.7 Å². The lowest BCUT2D eigenvalue weighted by atomic mass is 10.1. The summed E-state index contributed by atoms with van der Waals surface area (Å²) in [6.07, 6.45) is 0.540. The standard InChI is InChI=1S/C21H29N7O4S/c1-5-12-33(23,31)16(14-8-6-13(2)7-9-14)19-24-17(22)15-18(25-19)26-20(29)28(15)21(30)27(3)10-11-32-4/h6-9,16,23H,5,10-12H2,1-4H3,(H3,22,24,25,26,29)/t16?,33-/m0/s1. The van der Waals surface area contributed by atoms with Crippen LogP contribution in [0.3, 0.4) is 0 Å². The van der Waals surface area contributed by atoms with E-state index in [2.05, 4.69) is 15.0 Å². The number of hydrogen-bond donors (Lipinski definition) is 3. The van der Waals surface area contributed by atoms with Crippen LogP contribution in [0.2, 0.25) is 0 Å². The number of fused-ring (bicyclic) bond motifs is 1. The molecule has 0 aliphatic heterocycles. The molecule has 12 heteroatoms. The van der Waals surface area contributed by atoms with E-state index in [1.807, 2.05) is 26.0 Å². The number of carbonyl (C=O) groups is 1. The zero-order valence-corrected chi connectivity index (χ0v) is 19.9. The first kappa shape index (κ1) is 24.4. The molecule has 2 aromatic heterocycles. The number of rotatable bonds is 8. The van der Waals surface area contributed by atoms with E-state index < -0.39 is 26.7 Å². The highest BCUT2D eigenvalue weighted by molar-refractivity contribution is 7.92. The average Bonchev–Trinajstić information content (AvgIpc) is 3.09. The molecule has 178 valence electrons. The van der Waals surface area contributed by atoms with Crippen molar-refractivity contribution in [2.45, 2.75) is 25.5 Å². The number of carbonyl (C=O) groups excluding carboxylic acids is 1. The van der Waals surface area contributed by atoms with E-state index in [1.165, 1.54) is 19.1 Å². The normalized spacial score (nSPS) is 14.2. The van der Waals surface area contributed by atoms with Crippen LogP contribution in [0, 0.1) is 11.7 Å². The zero-order chi connectivity index (χ0) is 24.3. The summed E-state index contributed by atoms with van der Waals surface area (Å²) in [5.41, 5.74) is 7.17. The number of nitrogens with zero attached hydrogens (tertiary/aromatic N) is 4. The lowest BCUT2D eigenvalue weighted by molar-refractivity contribution is 0.160. The van der Waals surface area contributed by atoms with Crippen LogP contribution in [0.25, 0.3) is 11.2 Å². The van der Waals surface area contributed by atoms with Crippen molar-refractivity contribution < 1.29 is 13.7 Å². The van der Waals surface area contributed by atoms with Crippen LogP contribution >= 0.6 is 0 Å². The Morgan fingerprint density at radius 1 is 1.33 bits per heavy atom. The molecule has 1 amide bonds. The van der Waals surface area contributed by atoms with Crippen LogP contribution in [0.1, 0.15) is 35.5 Å². The second-order valence-corrected chi connectivity index (χ2v) is 10.2. The van der Waals surface area contributed by atoms with Gasteiger partial charge in [-0.3, -0.25) is 9.76 Å².